The van der Waals surface area contributed by atoms with Crippen molar-refractivity contribution in [3.63, 3.8) is 0 Å². The van der Waals surface area contributed by atoms with Crippen LogP contribution in [0, 0.1) is 19.3 Å². The Labute approximate surface area is 245 Å². The molecule has 7 heteroatoms. The van der Waals surface area contributed by atoms with E-state index in [1.165, 1.54) is 35.4 Å². The van der Waals surface area contributed by atoms with Gasteiger partial charge in [0.05, 0.1) is 7.11 Å². The zero-order valence-corrected chi connectivity index (χ0v) is 26.4. The molecule has 198 valence electrons. The van der Waals surface area contributed by atoms with Crippen LogP contribution in [-0.4, -0.2) is 15.3 Å². The number of methoxy groups -OCH3 is 1. The Bertz CT molecular complexity index is 1270. The van der Waals surface area contributed by atoms with Crippen LogP contribution in [0.15, 0.2) is 91.0 Å². The molecule has 3 aliphatic rings. The van der Waals surface area contributed by atoms with Crippen LogP contribution < -0.4 is 9.30 Å². The maximum atomic E-state index is 5.39. The van der Waals surface area contributed by atoms with Gasteiger partial charge >= 0.3 is 35.6 Å². The minimum atomic E-state index is -1.95. The molecule has 0 spiro atoms. The van der Waals surface area contributed by atoms with E-state index in [0.29, 0.717) is 17.4 Å². The number of anilines is 2. The standard InChI is InChI=1S/C30H31N2OSi.CH3.2ClH.Ti/c1-33-22-17-15-21(16-18-22)23-9-8-10-25-24(23)19-20-30(25)34(2,3)32-28-13-6-4-11-26(28)31-27-12-5-7-14-29(27)32;;;;/h4-18,24-25,30H,19-20H2,1-3H3;1H3;2*1H;/q2*-1;;;+2/p-2/t24-,25+,30?;;;;/m1..../s1. The van der Waals surface area contributed by atoms with Gasteiger partial charge in [0, 0.05) is 11.4 Å². The van der Waals surface area contributed by atoms with Gasteiger partial charge in [-0.3, -0.25) is 0 Å². The van der Waals surface area contributed by atoms with Crippen molar-refractivity contribution in [2.45, 2.75) is 31.5 Å². The Balaban J connectivity index is 0.000000804. The van der Waals surface area contributed by atoms with Crippen molar-refractivity contribution in [3.05, 3.63) is 109 Å². The van der Waals surface area contributed by atoms with Crippen molar-refractivity contribution in [1.29, 1.82) is 0 Å². The van der Waals surface area contributed by atoms with E-state index in [4.69, 9.17) is 28.7 Å². The third-order valence-electron chi connectivity index (χ3n) is 8.12. The van der Waals surface area contributed by atoms with Crippen LogP contribution in [0.3, 0.4) is 0 Å². The van der Waals surface area contributed by atoms with Crippen LogP contribution in [0.1, 0.15) is 18.4 Å². The number of ether oxygens (including phenoxy) is 1. The number of nitrogens with zero attached hydrogens (tertiary/aromatic N) is 2. The van der Waals surface area contributed by atoms with E-state index >= 15 is 0 Å². The van der Waals surface area contributed by atoms with Gasteiger partial charge in [-0.15, -0.1) is 11.4 Å². The van der Waals surface area contributed by atoms with Gasteiger partial charge < -0.3 is 22.0 Å². The van der Waals surface area contributed by atoms with Crippen molar-refractivity contribution in [3.8, 4) is 5.75 Å². The third kappa shape index (κ3) is 5.39. The first-order valence-electron chi connectivity index (χ1n) is 12.7. The van der Waals surface area contributed by atoms with Crippen LogP contribution in [-0.2, 0) is 17.0 Å². The van der Waals surface area contributed by atoms with Gasteiger partial charge in [-0.2, -0.15) is 0 Å². The number of hydrogen-bond acceptors (Lipinski definition) is 2. The SMILES string of the molecule is COc1ccc(C2=CC=C[C@@H]3C([Si](C)(C)N4c5ccccc5[N-]c5ccccc54)CC[C@H]23)cc1.[CH3-].[Cl][Ti][Cl]. The van der Waals surface area contributed by atoms with Gasteiger partial charge in [-0.25, -0.2) is 0 Å². The second kappa shape index (κ2) is 12.5. The number of fused-ring (bicyclic) bond motifs is 3. The van der Waals surface area contributed by atoms with Crippen LogP contribution in [0.2, 0.25) is 18.6 Å². The molecule has 6 rings (SSSR count). The molecule has 1 unspecified atom stereocenters. The minimum absolute atomic E-state index is 0. The number of benzene rings is 3. The predicted molar refractivity (Wildman–Crippen MR) is 163 cm³/mol. The average Bonchev–Trinajstić information content (AvgIpc) is 3.37. The number of para-hydroxylation sites is 4. The predicted octanol–water partition coefficient (Wildman–Crippen LogP) is 10.6. The summed E-state index contributed by atoms with van der Waals surface area (Å²) in [5.74, 6) is 2.06. The fraction of sp³-hybridized carbons (Fsp3) is 0.258. The second-order valence-electron chi connectivity index (χ2n) is 10.3. The van der Waals surface area contributed by atoms with E-state index in [1.807, 2.05) is 0 Å². The molecule has 1 fully saturated rings. The van der Waals surface area contributed by atoms with E-state index in [9.17, 15) is 0 Å². The molecule has 3 aromatic carbocycles. The monoisotopic (exact) mass is 596 g/mol. The summed E-state index contributed by atoms with van der Waals surface area (Å²) >= 11 is -0.556. The summed E-state index contributed by atoms with van der Waals surface area (Å²) < 4.78 is 8.09. The van der Waals surface area contributed by atoms with E-state index in [1.54, 1.807) is 7.11 Å². The van der Waals surface area contributed by atoms with Crippen LogP contribution in [0.4, 0.5) is 22.7 Å². The fourth-order valence-electron chi connectivity index (χ4n) is 6.53. The quantitative estimate of drug-likeness (QED) is 0.221. The summed E-state index contributed by atoms with van der Waals surface area (Å²) in [5.41, 5.74) is 8.20. The first kappa shape index (κ1) is 29.0. The van der Waals surface area contributed by atoms with Crippen molar-refractivity contribution in [2.24, 2.45) is 11.8 Å². The first-order chi connectivity index (χ1) is 18.0. The van der Waals surface area contributed by atoms with E-state index in [-0.39, 0.29) is 7.43 Å². The molecule has 3 aromatic rings. The third-order valence-corrected chi connectivity index (χ3v) is 12.2. The van der Waals surface area contributed by atoms with Crippen LogP contribution >= 0.6 is 18.6 Å². The molecule has 0 saturated heterocycles. The zero-order valence-electron chi connectivity index (χ0n) is 22.4. The van der Waals surface area contributed by atoms with E-state index in [2.05, 4.69) is 109 Å². The molecule has 1 heterocycles. The number of hydrogen-bond donors (Lipinski definition) is 0. The first-order valence-corrected chi connectivity index (χ1v) is 20.0. The summed E-state index contributed by atoms with van der Waals surface area (Å²) in [5, 5.41) is 4.99. The average molecular weight is 597 g/mol. The van der Waals surface area contributed by atoms with Gasteiger partial charge in [0.15, 0.2) is 8.24 Å². The Hall–Kier alpha value is -1.95. The summed E-state index contributed by atoms with van der Waals surface area (Å²) in [7, 11) is 9.56. The van der Waals surface area contributed by atoms with E-state index < -0.39 is 25.3 Å². The molecule has 0 N–H and O–H groups in total. The summed E-state index contributed by atoms with van der Waals surface area (Å²) in [6.45, 7) is 5.14. The van der Waals surface area contributed by atoms with Gasteiger partial charge in [0.2, 0.25) is 0 Å². The van der Waals surface area contributed by atoms with Crippen molar-refractivity contribution in [1.82, 2.24) is 0 Å². The van der Waals surface area contributed by atoms with Crippen molar-refractivity contribution >= 4 is 55.2 Å². The Morgan fingerprint density at radius 1 is 0.895 bits per heavy atom. The topological polar surface area (TPSA) is 26.6 Å². The van der Waals surface area contributed by atoms with Gasteiger partial charge in [0.1, 0.15) is 5.75 Å². The molecular weight excluding hydrogens is 563 g/mol. The second-order valence-corrected chi connectivity index (χ2v) is 17.3. The summed E-state index contributed by atoms with van der Waals surface area (Å²) in [4.78, 5) is 0. The van der Waals surface area contributed by atoms with Gasteiger partial charge in [-0.05, 0) is 65.6 Å². The fourth-order valence-corrected chi connectivity index (χ4v) is 10.6. The van der Waals surface area contributed by atoms with Crippen LogP contribution in [0.5, 0.6) is 5.75 Å². The normalized spacial score (nSPS) is 20.8. The van der Waals surface area contributed by atoms with Gasteiger partial charge in [0.25, 0.3) is 0 Å². The Morgan fingerprint density at radius 2 is 1.47 bits per heavy atom. The molecule has 2 aliphatic carbocycles. The van der Waals surface area contributed by atoms with E-state index in [0.717, 1.165) is 17.1 Å². The molecular formula is C31H34Cl2N2OSiTi-2. The summed E-state index contributed by atoms with van der Waals surface area (Å²) in [6, 6.07) is 25.9. The number of allylic oxidation sites excluding steroid dienone is 4. The Kier molecular flexibility index (Phi) is 9.54. The molecule has 1 aliphatic heterocycles. The number of rotatable bonds is 4. The Morgan fingerprint density at radius 3 is 2.05 bits per heavy atom. The molecule has 1 saturated carbocycles. The molecule has 0 bridgehead atoms. The molecule has 0 amide bonds. The van der Waals surface area contributed by atoms with Gasteiger partial charge in [-0.1, -0.05) is 79.9 Å². The molecule has 3 atom stereocenters. The molecule has 38 heavy (non-hydrogen) atoms. The molecule has 3 nitrogen and oxygen atoms in total. The van der Waals surface area contributed by atoms with Crippen LogP contribution in [0.25, 0.3) is 10.9 Å². The zero-order chi connectivity index (χ0) is 26.0. The molecule has 0 radical (unpaired) electrons. The maximum absolute atomic E-state index is 5.39. The number of halogens is 2. The van der Waals surface area contributed by atoms with Crippen molar-refractivity contribution in [2.75, 3.05) is 11.7 Å². The van der Waals surface area contributed by atoms with Crippen molar-refractivity contribution < 1.29 is 21.8 Å². The summed E-state index contributed by atoms with van der Waals surface area (Å²) in [6.07, 6.45) is 9.65. The molecule has 0 aromatic heterocycles.